The third-order valence-electron chi connectivity index (χ3n) is 5.64. The number of thiocarbonyl (C=S) groups is 1. The molecule has 1 fully saturated rings. The number of rotatable bonds is 7. The van der Waals surface area contributed by atoms with E-state index in [0.29, 0.717) is 39.4 Å². The lowest BCUT2D eigenvalue weighted by molar-refractivity contribution is -0.131. The van der Waals surface area contributed by atoms with Gasteiger partial charge in [0, 0.05) is 22.3 Å². The van der Waals surface area contributed by atoms with E-state index in [1.807, 2.05) is 59.5 Å². The number of hydrogen-bond acceptors (Lipinski definition) is 3. The molecule has 1 unspecified atom stereocenters. The van der Waals surface area contributed by atoms with Crippen molar-refractivity contribution in [1.82, 2.24) is 10.2 Å². The van der Waals surface area contributed by atoms with Crippen LogP contribution in [-0.4, -0.2) is 28.4 Å². The van der Waals surface area contributed by atoms with E-state index in [2.05, 4.69) is 10.6 Å². The van der Waals surface area contributed by atoms with E-state index in [0.717, 1.165) is 5.56 Å². The van der Waals surface area contributed by atoms with Crippen LogP contribution in [0.1, 0.15) is 17.5 Å². The molecular weight excluding hydrogens is 477 g/mol. The second-order valence-corrected chi connectivity index (χ2v) is 9.01. The second kappa shape index (κ2) is 9.91. The van der Waals surface area contributed by atoms with Crippen molar-refractivity contribution in [2.24, 2.45) is 0 Å². The lowest BCUT2D eigenvalue weighted by Crippen LogP contribution is -2.50. The highest BCUT2D eigenvalue weighted by Gasteiger charge is 2.53. The van der Waals surface area contributed by atoms with Crippen molar-refractivity contribution < 1.29 is 9.59 Å². The Labute approximate surface area is 207 Å². The lowest BCUT2D eigenvalue weighted by Gasteiger charge is -2.36. The molecule has 1 saturated heterocycles. The van der Waals surface area contributed by atoms with Crippen LogP contribution in [0.15, 0.2) is 78.9 Å². The Kier molecular flexibility index (Phi) is 6.98. The number of hydrogen-bond donors (Lipinski definition) is 2. The van der Waals surface area contributed by atoms with E-state index >= 15 is 0 Å². The number of nitrogens with zero attached hydrogens (tertiary/aromatic N) is 1. The highest BCUT2D eigenvalue weighted by Crippen LogP contribution is 2.37. The Morgan fingerprint density at radius 3 is 2.18 bits per heavy atom. The zero-order chi connectivity index (χ0) is 23.4. The van der Waals surface area contributed by atoms with Gasteiger partial charge in [0.25, 0.3) is 5.91 Å². The summed E-state index contributed by atoms with van der Waals surface area (Å²) in [5.74, 6) is -0.626. The van der Waals surface area contributed by atoms with Crippen LogP contribution in [0.3, 0.4) is 0 Å². The molecule has 3 aromatic rings. The fourth-order valence-corrected chi connectivity index (χ4v) is 4.59. The maximum atomic E-state index is 13.4. The smallest absolute Gasteiger partial charge is 0.257 e. The van der Waals surface area contributed by atoms with Crippen LogP contribution >= 0.6 is 35.4 Å². The summed E-state index contributed by atoms with van der Waals surface area (Å²) < 4.78 is 0. The minimum Gasteiger partial charge on any atom is -0.330 e. The average Bonchev–Trinajstić information content (AvgIpc) is 3.05. The fourth-order valence-electron chi connectivity index (χ4n) is 4.00. The van der Waals surface area contributed by atoms with E-state index in [4.69, 9.17) is 35.4 Å². The zero-order valence-electron chi connectivity index (χ0n) is 17.6. The topological polar surface area (TPSA) is 61.4 Å². The first-order chi connectivity index (χ1) is 15.9. The van der Waals surface area contributed by atoms with Gasteiger partial charge in [-0.15, -0.1) is 0 Å². The first-order valence-electron chi connectivity index (χ1n) is 10.4. The maximum Gasteiger partial charge on any atom is 0.257 e. The predicted octanol–water partition coefficient (Wildman–Crippen LogP) is 5.18. The minimum absolute atomic E-state index is 0.105. The first-order valence-corrected chi connectivity index (χ1v) is 11.5. The highest BCUT2D eigenvalue weighted by molar-refractivity contribution is 7.80. The molecule has 0 radical (unpaired) electrons. The molecule has 0 saturated carbocycles. The predicted molar refractivity (Wildman–Crippen MR) is 135 cm³/mol. The summed E-state index contributed by atoms with van der Waals surface area (Å²) in [5.41, 5.74) is 1.08. The quantitative estimate of drug-likeness (QED) is 0.441. The van der Waals surface area contributed by atoms with E-state index in [9.17, 15) is 9.59 Å². The van der Waals surface area contributed by atoms with Crippen LogP contribution in [0.4, 0.5) is 5.69 Å². The SMILES string of the molecule is O=C(CC1(c2ccccc2)C(=O)NC(=S)N1CCc1ccc(Cl)cc1)Nc1ccc(Cl)cc1. The molecule has 2 amide bonds. The summed E-state index contributed by atoms with van der Waals surface area (Å²) in [6.45, 7) is 0.447. The van der Waals surface area contributed by atoms with Crippen molar-refractivity contribution in [2.75, 3.05) is 11.9 Å². The summed E-state index contributed by atoms with van der Waals surface area (Å²) >= 11 is 17.5. The molecule has 0 aliphatic carbocycles. The molecule has 3 aromatic carbocycles. The minimum atomic E-state index is -1.26. The van der Waals surface area contributed by atoms with Crippen LogP contribution in [0.25, 0.3) is 0 Å². The van der Waals surface area contributed by atoms with Gasteiger partial charge in [0.05, 0.1) is 6.42 Å². The Bertz CT molecular complexity index is 1170. The molecule has 1 aliphatic rings. The standard InChI is InChI=1S/C25H21Cl2N3O2S/c26-19-8-6-17(7-9-19)14-15-30-24(33)29-23(32)25(30,18-4-2-1-3-5-18)16-22(31)28-21-12-10-20(27)11-13-21/h1-13H,14-16H2,(H,28,31)(H,29,32,33). The van der Waals surface area contributed by atoms with Gasteiger partial charge < -0.3 is 15.5 Å². The van der Waals surface area contributed by atoms with Gasteiger partial charge in [0.2, 0.25) is 5.91 Å². The van der Waals surface area contributed by atoms with Gasteiger partial charge in [-0.1, -0.05) is 65.7 Å². The van der Waals surface area contributed by atoms with Crippen molar-refractivity contribution in [3.05, 3.63) is 100 Å². The van der Waals surface area contributed by atoms with Crippen LogP contribution in [0, 0.1) is 0 Å². The first kappa shape index (κ1) is 23.2. The van der Waals surface area contributed by atoms with Crippen LogP contribution in [0.5, 0.6) is 0 Å². The molecule has 2 N–H and O–H groups in total. The number of nitrogens with one attached hydrogen (secondary N) is 2. The van der Waals surface area contributed by atoms with Crippen molar-refractivity contribution in [3.63, 3.8) is 0 Å². The molecule has 168 valence electrons. The van der Waals surface area contributed by atoms with E-state index < -0.39 is 5.54 Å². The number of anilines is 1. The molecule has 1 aliphatic heterocycles. The largest absolute Gasteiger partial charge is 0.330 e. The molecular formula is C25H21Cl2N3O2S. The fraction of sp³-hybridized carbons (Fsp3) is 0.160. The monoisotopic (exact) mass is 497 g/mol. The third-order valence-corrected chi connectivity index (χ3v) is 6.46. The number of carbonyl (C=O) groups excluding carboxylic acids is 2. The maximum absolute atomic E-state index is 13.4. The molecule has 5 nitrogen and oxygen atoms in total. The van der Waals surface area contributed by atoms with Gasteiger partial charge in [-0.05, 0) is 66.2 Å². The van der Waals surface area contributed by atoms with E-state index in [1.165, 1.54) is 0 Å². The number of halogens is 2. The van der Waals surface area contributed by atoms with Crippen molar-refractivity contribution >= 4 is 58.0 Å². The third kappa shape index (κ3) is 5.03. The molecule has 1 heterocycles. The molecule has 0 spiro atoms. The average molecular weight is 498 g/mol. The summed E-state index contributed by atoms with van der Waals surface area (Å²) in [7, 11) is 0. The summed E-state index contributed by atoms with van der Waals surface area (Å²) in [6.07, 6.45) is 0.520. The van der Waals surface area contributed by atoms with Crippen LogP contribution in [-0.2, 0) is 21.5 Å². The summed E-state index contributed by atoms with van der Waals surface area (Å²) in [6, 6.07) is 23.6. The molecule has 1 atom stereocenters. The van der Waals surface area contributed by atoms with Crippen molar-refractivity contribution in [2.45, 2.75) is 18.4 Å². The zero-order valence-corrected chi connectivity index (χ0v) is 19.9. The second-order valence-electron chi connectivity index (χ2n) is 7.75. The van der Waals surface area contributed by atoms with Crippen molar-refractivity contribution in [1.29, 1.82) is 0 Å². The Morgan fingerprint density at radius 2 is 1.55 bits per heavy atom. The summed E-state index contributed by atoms with van der Waals surface area (Å²) in [4.78, 5) is 28.3. The van der Waals surface area contributed by atoms with Crippen LogP contribution in [0.2, 0.25) is 10.0 Å². The van der Waals surface area contributed by atoms with Gasteiger partial charge in [0.1, 0.15) is 0 Å². The number of amides is 2. The molecule has 0 bridgehead atoms. The van der Waals surface area contributed by atoms with Gasteiger partial charge in [0.15, 0.2) is 10.7 Å². The molecule has 0 aromatic heterocycles. The Morgan fingerprint density at radius 1 is 0.939 bits per heavy atom. The van der Waals surface area contributed by atoms with Crippen LogP contribution < -0.4 is 10.6 Å². The van der Waals surface area contributed by atoms with Gasteiger partial charge in [-0.3, -0.25) is 9.59 Å². The Hall–Kier alpha value is -2.93. The number of carbonyl (C=O) groups is 2. The molecule has 33 heavy (non-hydrogen) atoms. The van der Waals surface area contributed by atoms with Crippen molar-refractivity contribution in [3.8, 4) is 0 Å². The normalized spacial score (nSPS) is 17.7. The Balaban J connectivity index is 1.64. The van der Waals surface area contributed by atoms with Gasteiger partial charge in [-0.2, -0.15) is 0 Å². The summed E-state index contributed by atoms with van der Waals surface area (Å²) in [5, 5.41) is 7.17. The van der Waals surface area contributed by atoms with Gasteiger partial charge >= 0.3 is 0 Å². The molecule has 4 rings (SSSR count). The lowest BCUT2D eigenvalue weighted by atomic mass is 9.84. The van der Waals surface area contributed by atoms with Gasteiger partial charge in [-0.25, -0.2) is 0 Å². The van der Waals surface area contributed by atoms with E-state index in [-0.39, 0.29) is 18.2 Å². The number of benzene rings is 3. The van der Waals surface area contributed by atoms with E-state index in [1.54, 1.807) is 24.3 Å². The molecule has 8 heteroatoms. The highest BCUT2D eigenvalue weighted by atomic mass is 35.5.